The van der Waals surface area contributed by atoms with Crippen molar-refractivity contribution in [3.63, 3.8) is 0 Å². The minimum atomic E-state index is 0.578. The van der Waals surface area contributed by atoms with E-state index in [1.54, 1.807) is 14.2 Å². The average molecular weight is 371 g/mol. The van der Waals surface area contributed by atoms with Crippen LogP contribution in [0.1, 0.15) is 19.4 Å². The Morgan fingerprint density at radius 2 is 1.85 bits per heavy atom. The second kappa shape index (κ2) is 11.0. The zero-order valence-corrected chi connectivity index (χ0v) is 16.5. The molecule has 0 amide bonds. The molecule has 2 N–H and O–H groups in total. The molecule has 0 saturated heterocycles. The van der Waals surface area contributed by atoms with Crippen LogP contribution in [-0.2, 0) is 6.42 Å². The Hall–Kier alpha value is -2.89. The highest BCUT2D eigenvalue weighted by atomic mass is 16.5. The third-order valence-corrected chi connectivity index (χ3v) is 3.87. The molecule has 0 bridgehead atoms. The number of methoxy groups -OCH3 is 2. The summed E-state index contributed by atoms with van der Waals surface area (Å²) in [5.41, 5.74) is 2.08. The first-order valence-electron chi connectivity index (χ1n) is 9.19. The van der Waals surface area contributed by atoms with E-state index in [0.29, 0.717) is 24.7 Å². The second-order valence-electron chi connectivity index (χ2n) is 5.79. The Morgan fingerprint density at radius 3 is 2.56 bits per heavy atom. The zero-order valence-electron chi connectivity index (χ0n) is 16.5. The highest BCUT2D eigenvalue weighted by molar-refractivity contribution is 5.93. The number of ether oxygens (including phenoxy) is 3. The van der Waals surface area contributed by atoms with Gasteiger partial charge in [0.25, 0.3) is 0 Å². The summed E-state index contributed by atoms with van der Waals surface area (Å²) in [7, 11) is 3.31. The van der Waals surface area contributed by atoms with Gasteiger partial charge in [0.2, 0.25) is 0 Å². The predicted molar refractivity (Wildman–Crippen MR) is 110 cm³/mol. The molecule has 0 unspecified atom stereocenters. The molecule has 0 radical (unpaired) electrons. The van der Waals surface area contributed by atoms with Crippen LogP contribution in [0.3, 0.4) is 0 Å². The number of nitrogens with zero attached hydrogens (tertiary/aromatic N) is 1. The average Bonchev–Trinajstić information content (AvgIpc) is 2.69. The van der Waals surface area contributed by atoms with Gasteiger partial charge in [-0.3, -0.25) is 4.99 Å². The van der Waals surface area contributed by atoms with Crippen molar-refractivity contribution in [1.29, 1.82) is 0 Å². The van der Waals surface area contributed by atoms with Crippen molar-refractivity contribution in [1.82, 2.24) is 5.32 Å². The SMILES string of the molecule is CCNC(=NCCc1cccc(OC)c1)Nc1ccc(OC)c(OCC)c1. The zero-order chi connectivity index (χ0) is 19.5. The maximum atomic E-state index is 5.63. The van der Waals surface area contributed by atoms with Crippen LogP contribution in [0.2, 0.25) is 0 Å². The molecule has 0 aliphatic heterocycles. The molecule has 0 aromatic heterocycles. The molecular weight excluding hydrogens is 342 g/mol. The Bertz CT molecular complexity index is 747. The maximum absolute atomic E-state index is 5.63. The fourth-order valence-electron chi connectivity index (χ4n) is 2.59. The minimum absolute atomic E-state index is 0.578. The van der Waals surface area contributed by atoms with E-state index < -0.39 is 0 Å². The lowest BCUT2D eigenvalue weighted by Crippen LogP contribution is -2.30. The van der Waals surface area contributed by atoms with Crippen LogP contribution in [0, 0.1) is 0 Å². The molecule has 146 valence electrons. The number of nitrogens with one attached hydrogen (secondary N) is 2. The Labute approximate surface area is 161 Å². The third-order valence-electron chi connectivity index (χ3n) is 3.87. The summed E-state index contributed by atoms with van der Waals surface area (Å²) in [6, 6.07) is 13.8. The van der Waals surface area contributed by atoms with Gasteiger partial charge in [-0.1, -0.05) is 12.1 Å². The molecule has 2 aromatic carbocycles. The van der Waals surface area contributed by atoms with E-state index in [-0.39, 0.29) is 0 Å². The summed E-state index contributed by atoms with van der Waals surface area (Å²) in [6.45, 7) is 6.01. The fourth-order valence-corrected chi connectivity index (χ4v) is 2.59. The molecule has 0 atom stereocenters. The van der Waals surface area contributed by atoms with E-state index in [9.17, 15) is 0 Å². The molecule has 0 aliphatic rings. The van der Waals surface area contributed by atoms with Crippen LogP contribution in [-0.4, -0.2) is 39.9 Å². The van der Waals surface area contributed by atoms with Gasteiger partial charge in [-0.15, -0.1) is 0 Å². The van der Waals surface area contributed by atoms with Gasteiger partial charge in [0.1, 0.15) is 5.75 Å². The number of hydrogen-bond acceptors (Lipinski definition) is 4. The molecule has 0 fully saturated rings. The maximum Gasteiger partial charge on any atom is 0.195 e. The standard InChI is InChI=1S/C21H29N3O3/c1-5-22-21(23-13-12-16-8-7-9-18(14-16)25-3)24-17-10-11-19(26-4)20(15-17)27-6-2/h7-11,14-15H,5-6,12-13H2,1-4H3,(H2,22,23,24). The van der Waals surface area contributed by atoms with Crippen molar-refractivity contribution in [3.8, 4) is 17.2 Å². The monoisotopic (exact) mass is 371 g/mol. The molecule has 0 aliphatic carbocycles. The number of hydrogen-bond donors (Lipinski definition) is 2. The molecular formula is C21H29N3O3. The highest BCUT2D eigenvalue weighted by Crippen LogP contribution is 2.30. The van der Waals surface area contributed by atoms with E-state index in [4.69, 9.17) is 14.2 Å². The molecule has 27 heavy (non-hydrogen) atoms. The highest BCUT2D eigenvalue weighted by Gasteiger charge is 2.07. The summed E-state index contributed by atoms with van der Waals surface area (Å²) in [5, 5.41) is 6.58. The van der Waals surface area contributed by atoms with Crippen molar-refractivity contribution >= 4 is 11.6 Å². The van der Waals surface area contributed by atoms with Crippen LogP contribution in [0.25, 0.3) is 0 Å². The van der Waals surface area contributed by atoms with E-state index in [2.05, 4.69) is 21.7 Å². The molecule has 6 nitrogen and oxygen atoms in total. The molecule has 0 saturated carbocycles. The quantitative estimate of drug-likeness (QED) is 0.519. The van der Waals surface area contributed by atoms with Crippen molar-refractivity contribution in [2.24, 2.45) is 4.99 Å². The number of rotatable bonds is 9. The normalized spacial score (nSPS) is 11.0. The number of aliphatic imine (C=N–C) groups is 1. The number of benzene rings is 2. The first-order chi connectivity index (χ1) is 13.2. The van der Waals surface area contributed by atoms with Gasteiger partial charge >= 0.3 is 0 Å². The third kappa shape index (κ3) is 6.40. The molecule has 0 heterocycles. The van der Waals surface area contributed by atoms with E-state index >= 15 is 0 Å². The largest absolute Gasteiger partial charge is 0.497 e. The van der Waals surface area contributed by atoms with Crippen LogP contribution in [0.4, 0.5) is 5.69 Å². The van der Waals surface area contributed by atoms with Crippen LogP contribution in [0.15, 0.2) is 47.5 Å². The van der Waals surface area contributed by atoms with Gasteiger partial charge in [0.05, 0.1) is 20.8 Å². The number of guanidine groups is 1. The van der Waals surface area contributed by atoms with Crippen molar-refractivity contribution in [2.75, 3.05) is 39.2 Å². The van der Waals surface area contributed by atoms with Crippen LogP contribution >= 0.6 is 0 Å². The smallest absolute Gasteiger partial charge is 0.195 e. The van der Waals surface area contributed by atoms with Crippen molar-refractivity contribution < 1.29 is 14.2 Å². The topological polar surface area (TPSA) is 64.1 Å². The van der Waals surface area contributed by atoms with Gasteiger partial charge in [-0.2, -0.15) is 0 Å². The minimum Gasteiger partial charge on any atom is -0.497 e. The predicted octanol–water partition coefficient (Wildman–Crippen LogP) is 3.72. The van der Waals surface area contributed by atoms with Gasteiger partial charge in [-0.05, 0) is 50.1 Å². The lowest BCUT2D eigenvalue weighted by Gasteiger charge is -2.14. The Kier molecular flexibility index (Phi) is 8.29. The van der Waals surface area contributed by atoms with Crippen LogP contribution in [0.5, 0.6) is 17.2 Å². The summed E-state index contributed by atoms with van der Waals surface area (Å²) in [5.74, 6) is 3.01. The molecule has 2 aromatic rings. The number of anilines is 1. The molecule has 0 spiro atoms. The van der Waals surface area contributed by atoms with E-state index in [1.165, 1.54) is 5.56 Å². The molecule has 2 rings (SSSR count). The van der Waals surface area contributed by atoms with Crippen LogP contribution < -0.4 is 24.8 Å². The lowest BCUT2D eigenvalue weighted by atomic mass is 10.1. The first kappa shape index (κ1) is 20.4. The summed E-state index contributed by atoms with van der Waals surface area (Å²) in [4.78, 5) is 4.66. The van der Waals surface area contributed by atoms with Gasteiger partial charge < -0.3 is 24.8 Å². The van der Waals surface area contributed by atoms with Gasteiger partial charge in [0.15, 0.2) is 17.5 Å². The van der Waals surface area contributed by atoms with Gasteiger partial charge in [0, 0.05) is 24.8 Å². The summed E-state index contributed by atoms with van der Waals surface area (Å²) >= 11 is 0. The fraction of sp³-hybridized carbons (Fsp3) is 0.381. The van der Waals surface area contributed by atoms with Gasteiger partial charge in [-0.25, -0.2) is 0 Å². The molecule has 6 heteroatoms. The summed E-state index contributed by atoms with van der Waals surface area (Å²) < 4.78 is 16.2. The van der Waals surface area contributed by atoms with Crippen molar-refractivity contribution in [3.05, 3.63) is 48.0 Å². The lowest BCUT2D eigenvalue weighted by molar-refractivity contribution is 0.311. The van der Waals surface area contributed by atoms with Crippen molar-refractivity contribution in [2.45, 2.75) is 20.3 Å². The Balaban J connectivity index is 2.05. The van der Waals surface area contributed by atoms with E-state index in [0.717, 1.165) is 30.4 Å². The van der Waals surface area contributed by atoms with E-state index in [1.807, 2.05) is 50.2 Å². The summed E-state index contributed by atoms with van der Waals surface area (Å²) in [6.07, 6.45) is 0.834. The first-order valence-corrected chi connectivity index (χ1v) is 9.19. The Morgan fingerprint density at radius 1 is 1.00 bits per heavy atom. The second-order valence-corrected chi connectivity index (χ2v) is 5.79.